The summed E-state index contributed by atoms with van der Waals surface area (Å²) in [5.41, 5.74) is 1.25. The Morgan fingerprint density at radius 1 is 1.24 bits per heavy atom. The third kappa shape index (κ3) is 7.35. The summed E-state index contributed by atoms with van der Waals surface area (Å²) in [7, 11) is 0.0183. The van der Waals surface area contributed by atoms with Crippen LogP contribution >= 0.6 is 0 Å². The molecule has 2 unspecified atom stereocenters. The molecule has 3 aromatic rings. The maximum Gasteiger partial charge on any atom is 0.406 e. The van der Waals surface area contributed by atoms with Crippen LogP contribution in [0.15, 0.2) is 35.2 Å². The third-order valence-electron chi connectivity index (χ3n) is 7.25. The van der Waals surface area contributed by atoms with E-state index >= 15 is 0 Å². The Morgan fingerprint density at radius 3 is 2.62 bits per heavy atom. The van der Waals surface area contributed by atoms with Gasteiger partial charge in [0.15, 0.2) is 9.84 Å². The van der Waals surface area contributed by atoms with Crippen molar-refractivity contribution in [2.45, 2.75) is 43.9 Å². The Labute approximate surface area is 243 Å². The minimum Gasteiger partial charge on any atom is -0.495 e. The molecule has 1 aliphatic rings. The van der Waals surface area contributed by atoms with Crippen LogP contribution in [0, 0.1) is 24.7 Å². The van der Waals surface area contributed by atoms with Crippen molar-refractivity contribution in [3.8, 4) is 17.6 Å². The molecule has 226 valence electrons. The number of alkyl halides is 3. The van der Waals surface area contributed by atoms with Crippen LogP contribution in [0.5, 0.6) is 5.75 Å². The molecule has 0 aliphatic carbocycles. The first-order chi connectivity index (χ1) is 19.7. The minimum atomic E-state index is -4.49. The molecule has 1 fully saturated rings. The monoisotopic (exact) mass is 605 g/mol. The number of amides is 1. The molecule has 4 rings (SSSR count). The SMILES string of the molecule is COc1ccc(S(C)(=O)=O)cc1NCC#Cc1cc(C(=O)NC2CCN(C)CC2C)c2nc(C)n(CC(F)(F)F)c2c1. The number of fused-ring (bicyclic) bond motifs is 1. The number of halogens is 3. The highest BCUT2D eigenvalue weighted by atomic mass is 32.2. The van der Waals surface area contributed by atoms with E-state index in [1.165, 1.54) is 38.3 Å². The van der Waals surface area contributed by atoms with Gasteiger partial charge in [-0.3, -0.25) is 4.79 Å². The van der Waals surface area contributed by atoms with Gasteiger partial charge in [0.1, 0.15) is 23.6 Å². The molecule has 1 aliphatic heterocycles. The smallest absolute Gasteiger partial charge is 0.406 e. The Kier molecular flexibility index (Phi) is 9.08. The van der Waals surface area contributed by atoms with Gasteiger partial charge in [0.25, 0.3) is 5.91 Å². The van der Waals surface area contributed by atoms with Crippen molar-refractivity contribution in [1.29, 1.82) is 0 Å². The molecule has 2 aromatic carbocycles. The number of piperidine rings is 1. The molecule has 0 spiro atoms. The zero-order valence-corrected chi connectivity index (χ0v) is 24.9. The predicted molar refractivity (Wildman–Crippen MR) is 155 cm³/mol. The Bertz CT molecular complexity index is 1660. The summed E-state index contributed by atoms with van der Waals surface area (Å²) >= 11 is 0. The van der Waals surface area contributed by atoms with Gasteiger partial charge < -0.3 is 24.8 Å². The molecule has 0 saturated carbocycles. The number of nitrogens with zero attached hydrogens (tertiary/aromatic N) is 3. The van der Waals surface area contributed by atoms with Crippen molar-refractivity contribution >= 4 is 32.5 Å². The molecular formula is C29H34F3N5O4S. The topological polar surface area (TPSA) is 106 Å². The summed E-state index contributed by atoms with van der Waals surface area (Å²) in [6.45, 7) is 3.97. The Balaban J connectivity index is 1.67. The predicted octanol–water partition coefficient (Wildman–Crippen LogP) is 3.85. The summed E-state index contributed by atoms with van der Waals surface area (Å²) in [4.78, 5) is 20.1. The van der Waals surface area contributed by atoms with Crippen molar-refractivity contribution in [2.75, 3.05) is 45.4 Å². The average molecular weight is 606 g/mol. The quantitative estimate of drug-likeness (QED) is 0.394. The van der Waals surface area contributed by atoms with Crippen molar-refractivity contribution in [2.24, 2.45) is 5.92 Å². The summed E-state index contributed by atoms with van der Waals surface area (Å²) < 4.78 is 70.5. The van der Waals surface area contributed by atoms with Crippen molar-refractivity contribution in [1.82, 2.24) is 19.8 Å². The number of rotatable bonds is 7. The highest BCUT2D eigenvalue weighted by molar-refractivity contribution is 7.90. The van der Waals surface area contributed by atoms with Gasteiger partial charge in [0.05, 0.1) is 35.3 Å². The standard InChI is InChI=1S/C29H34F3N5O4S/c1-18-16-36(3)12-10-23(18)35-28(38)22-13-20(14-25-27(22)34-19(2)37(25)17-29(30,31)32)7-6-11-33-24-15-21(42(5,39)40)8-9-26(24)41-4/h8-9,13-15,18,23,33H,10-12,16-17H2,1-5H3,(H,35,38). The fraction of sp³-hybridized carbons (Fsp3) is 0.448. The van der Waals surface area contributed by atoms with E-state index in [1.54, 1.807) is 6.07 Å². The fourth-order valence-corrected chi connectivity index (χ4v) is 5.77. The van der Waals surface area contributed by atoms with Gasteiger partial charge >= 0.3 is 6.18 Å². The van der Waals surface area contributed by atoms with Gasteiger partial charge in [-0.25, -0.2) is 13.4 Å². The molecular weight excluding hydrogens is 571 g/mol. The molecule has 2 atom stereocenters. The lowest BCUT2D eigenvalue weighted by Gasteiger charge is -2.35. The van der Waals surface area contributed by atoms with Crippen LogP contribution in [0.25, 0.3) is 11.0 Å². The highest BCUT2D eigenvalue weighted by Gasteiger charge is 2.31. The number of ether oxygens (including phenoxy) is 1. The molecule has 1 aromatic heterocycles. The second-order valence-electron chi connectivity index (χ2n) is 10.6. The first kappa shape index (κ1) is 31.2. The van der Waals surface area contributed by atoms with Gasteiger partial charge in [-0.05, 0) is 63.2 Å². The maximum absolute atomic E-state index is 13.5. The van der Waals surface area contributed by atoms with Crippen molar-refractivity contribution < 1.29 is 31.1 Å². The number of hydrogen-bond donors (Lipinski definition) is 2. The first-order valence-corrected chi connectivity index (χ1v) is 15.2. The number of aryl methyl sites for hydroxylation is 1. The second kappa shape index (κ2) is 12.2. The van der Waals surface area contributed by atoms with E-state index in [1.807, 2.05) is 14.0 Å². The largest absolute Gasteiger partial charge is 0.495 e. The summed E-state index contributed by atoms with van der Waals surface area (Å²) in [5.74, 6) is 6.15. The molecule has 2 N–H and O–H groups in total. The van der Waals surface area contributed by atoms with E-state index in [2.05, 4.69) is 32.4 Å². The summed E-state index contributed by atoms with van der Waals surface area (Å²) in [5, 5.41) is 6.08. The number of anilines is 1. The molecule has 0 radical (unpaired) electrons. The Morgan fingerprint density at radius 2 is 1.98 bits per heavy atom. The second-order valence-corrected chi connectivity index (χ2v) is 12.7. The number of benzene rings is 2. The molecule has 1 saturated heterocycles. The van der Waals surface area contributed by atoms with E-state index < -0.39 is 28.5 Å². The maximum atomic E-state index is 13.5. The van der Waals surface area contributed by atoms with Gasteiger partial charge in [-0.1, -0.05) is 18.8 Å². The number of imidazole rings is 1. The lowest BCUT2D eigenvalue weighted by molar-refractivity contribution is -0.140. The van der Waals surface area contributed by atoms with E-state index in [0.717, 1.165) is 30.3 Å². The van der Waals surface area contributed by atoms with Gasteiger partial charge in [-0.15, -0.1) is 0 Å². The Hall–Kier alpha value is -3.76. The van der Waals surface area contributed by atoms with Crippen LogP contribution in [0.4, 0.5) is 18.9 Å². The van der Waals surface area contributed by atoms with Crippen molar-refractivity contribution in [3.63, 3.8) is 0 Å². The molecule has 0 bridgehead atoms. The zero-order valence-electron chi connectivity index (χ0n) is 24.1. The normalized spacial score (nSPS) is 17.9. The van der Waals surface area contributed by atoms with Crippen LogP contribution in [0.2, 0.25) is 0 Å². The number of nitrogens with one attached hydrogen (secondary N) is 2. The van der Waals surface area contributed by atoms with E-state index in [4.69, 9.17) is 4.74 Å². The molecule has 9 nitrogen and oxygen atoms in total. The zero-order chi connectivity index (χ0) is 30.8. The third-order valence-corrected chi connectivity index (χ3v) is 8.36. The van der Waals surface area contributed by atoms with Crippen LogP contribution in [-0.4, -0.2) is 81.0 Å². The van der Waals surface area contributed by atoms with Crippen LogP contribution in [0.1, 0.15) is 35.1 Å². The lowest BCUT2D eigenvalue weighted by atomic mass is 9.93. The first-order valence-electron chi connectivity index (χ1n) is 13.3. The van der Waals surface area contributed by atoms with Crippen LogP contribution in [-0.2, 0) is 16.4 Å². The van der Waals surface area contributed by atoms with Gasteiger partial charge in [0, 0.05) is 24.4 Å². The van der Waals surface area contributed by atoms with E-state index in [9.17, 15) is 26.4 Å². The summed E-state index contributed by atoms with van der Waals surface area (Å²) in [6, 6.07) is 7.35. The fourth-order valence-electron chi connectivity index (χ4n) is 5.12. The van der Waals surface area contributed by atoms with Gasteiger partial charge in [-0.2, -0.15) is 13.2 Å². The average Bonchev–Trinajstić information content (AvgIpc) is 3.20. The molecule has 1 amide bonds. The highest BCUT2D eigenvalue weighted by Crippen LogP contribution is 2.29. The number of carbonyl (C=O) groups is 1. The van der Waals surface area contributed by atoms with E-state index in [-0.39, 0.29) is 45.8 Å². The number of sulfone groups is 1. The summed E-state index contributed by atoms with van der Waals surface area (Å²) in [6.07, 6.45) is -2.64. The van der Waals surface area contributed by atoms with E-state index in [0.29, 0.717) is 17.0 Å². The number of methoxy groups -OCH3 is 1. The molecule has 42 heavy (non-hydrogen) atoms. The van der Waals surface area contributed by atoms with Crippen molar-refractivity contribution in [3.05, 3.63) is 47.3 Å². The number of carbonyl (C=O) groups excluding carboxylic acids is 1. The molecule has 2 heterocycles. The number of hydrogen-bond acceptors (Lipinski definition) is 7. The minimum absolute atomic E-state index is 0.0666. The lowest BCUT2D eigenvalue weighted by Crippen LogP contribution is -2.48. The van der Waals surface area contributed by atoms with Gasteiger partial charge in [0.2, 0.25) is 0 Å². The van der Waals surface area contributed by atoms with Crippen LogP contribution < -0.4 is 15.4 Å². The van der Waals surface area contributed by atoms with Crippen LogP contribution in [0.3, 0.4) is 0 Å². The molecule has 13 heteroatoms. The number of likely N-dealkylation sites (tertiary alicyclic amines) is 1. The number of aromatic nitrogens is 2.